The van der Waals surface area contributed by atoms with Gasteiger partial charge in [0.2, 0.25) is 0 Å². The second kappa shape index (κ2) is 3.76. The number of halogens is 5. The van der Waals surface area contributed by atoms with Crippen molar-refractivity contribution in [3.63, 3.8) is 0 Å². The summed E-state index contributed by atoms with van der Waals surface area (Å²) in [5, 5.41) is 0. The summed E-state index contributed by atoms with van der Waals surface area (Å²) in [7, 11) is 0. The van der Waals surface area contributed by atoms with E-state index < -0.39 is 23.6 Å². The molecule has 0 heterocycles. The molecule has 0 aliphatic heterocycles. The average molecular weight is 289 g/mol. The summed E-state index contributed by atoms with van der Waals surface area (Å²) in [6, 6.07) is 1.05. The molecule has 15 heavy (non-hydrogen) atoms. The van der Waals surface area contributed by atoms with Gasteiger partial charge in [-0.3, -0.25) is 0 Å². The van der Waals surface area contributed by atoms with Gasteiger partial charge in [0.15, 0.2) is 11.6 Å². The zero-order chi connectivity index (χ0) is 11.8. The lowest BCUT2D eigenvalue weighted by atomic mass is 10.2. The fourth-order valence-corrected chi connectivity index (χ4v) is 1.28. The Labute approximate surface area is 90.1 Å². The van der Waals surface area contributed by atoms with Gasteiger partial charge in [-0.25, -0.2) is 4.39 Å². The molecule has 1 rings (SSSR count). The molecule has 4 N–H and O–H groups in total. The molecule has 0 fully saturated rings. The Morgan fingerprint density at radius 1 is 1.27 bits per heavy atom. The summed E-state index contributed by atoms with van der Waals surface area (Å²) in [6.07, 6.45) is -5.03. The molecule has 1 aromatic carbocycles. The second-order valence-electron chi connectivity index (χ2n) is 2.55. The van der Waals surface area contributed by atoms with Crippen LogP contribution in [-0.4, -0.2) is 6.36 Å². The number of hydrogen-bond acceptors (Lipinski definition) is 3. The van der Waals surface area contributed by atoms with Crippen LogP contribution in [0.4, 0.5) is 28.9 Å². The molecule has 0 aliphatic carbocycles. The van der Waals surface area contributed by atoms with Gasteiger partial charge in [-0.1, -0.05) is 0 Å². The highest BCUT2D eigenvalue weighted by molar-refractivity contribution is 9.10. The van der Waals surface area contributed by atoms with Crippen molar-refractivity contribution in [1.29, 1.82) is 0 Å². The van der Waals surface area contributed by atoms with E-state index in [1.807, 2.05) is 0 Å². The Morgan fingerprint density at radius 2 is 1.80 bits per heavy atom. The molecule has 0 aliphatic rings. The van der Waals surface area contributed by atoms with Gasteiger partial charge < -0.3 is 16.2 Å². The van der Waals surface area contributed by atoms with E-state index in [1.54, 1.807) is 0 Å². The summed E-state index contributed by atoms with van der Waals surface area (Å²) >= 11 is 2.68. The number of nitrogen functional groups attached to an aromatic ring is 2. The fraction of sp³-hybridized carbons (Fsp3) is 0.143. The molecule has 3 nitrogen and oxygen atoms in total. The SMILES string of the molecule is Nc1cc(Br)c(F)c(OC(F)(F)F)c1N. The van der Waals surface area contributed by atoms with E-state index in [0.29, 0.717) is 0 Å². The van der Waals surface area contributed by atoms with E-state index in [4.69, 9.17) is 11.5 Å². The Bertz CT molecular complexity index is 367. The summed E-state index contributed by atoms with van der Waals surface area (Å²) in [4.78, 5) is 0. The van der Waals surface area contributed by atoms with Crippen LogP contribution in [0.5, 0.6) is 5.75 Å². The number of nitrogens with two attached hydrogens (primary N) is 2. The largest absolute Gasteiger partial charge is 0.573 e. The van der Waals surface area contributed by atoms with Gasteiger partial charge in [0.1, 0.15) is 5.69 Å². The lowest BCUT2D eigenvalue weighted by Crippen LogP contribution is -2.19. The fourth-order valence-electron chi connectivity index (χ4n) is 0.851. The number of alkyl halides is 3. The third-order valence-electron chi connectivity index (χ3n) is 1.46. The van der Waals surface area contributed by atoms with Crippen LogP contribution in [0.1, 0.15) is 0 Å². The van der Waals surface area contributed by atoms with Crippen LogP contribution < -0.4 is 16.2 Å². The predicted molar refractivity (Wildman–Crippen MR) is 49.6 cm³/mol. The number of hydrogen-bond donors (Lipinski definition) is 2. The predicted octanol–water partition coefficient (Wildman–Crippen LogP) is 2.65. The minimum absolute atomic E-state index is 0.206. The standard InChI is InChI=1S/C7H5BrF4N2O/c8-2-1-3(13)5(14)6(4(2)9)15-7(10,11)12/h1H,13-14H2. The maximum Gasteiger partial charge on any atom is 0.573 e. The van der Waals surface area contributed by atoms with Gasteiger partial charge in [0.05, 0.1) is 10.2 Å². The summed E-state index contributed by atoms with van der Waals surface area (Å²) in [6.45, 7) is 0. The molecule has 0 aromatic heterocycles. The molecular weight excluding hydrogens is 284 g/mol. The summed E-state index contributed by atoms with van der Waals surface area (Å²) in [5.74, 6) is -2.38. The number of ether oxygens (including phenoxy) is 1. The molecule has 0 unspecified atom stereocenters. The van der Waals surface area contributed by atoms with E-state index >= 15 is 0 Å². The van der Waals surface area contributed by atoms with Crippen molar-refractivity contribution in [2.75, 3.05) is 11.5 Å². The van der Waals surface area contributed by atoms with Gasteiger partial charge in [-0.2, -0.15) is 0 Å². The summed E-state index contributed by atoms with van der Waals surface area (Å²) in [5.41, 5.74) is 9.59. The molecule has 0 saturated heterocycles. The first-order valence-electron chi connectivity index (χ1n) is 3.51. The third kappa shape index (κ3) is 2.65. The van der Waals surface area contributed by atoms with Crippen molar-refractivity contribution in [1.82, 2.24) is 0 Å². The molecule has 84 valence electrons. The van der Waals surface area contributed by atoms with E-state index in [9.17, 15) is 17.6 Å². The highest BCUT2D eigenvalue weighted by atomic mass is 79.9. The van der Waals surface area contributed by atoms with Gasteiger partial charge in [-0.15, -0.1) is 13.2 Å². The van der Waals surface area contributed by atoms with Crippen molar-refractivity contribution >= 4 is 27.3 Å². The van der Waals surface area contributed by atoms with Crippen molar-refractivity contribution in [2.45, 2.75) is 6.36 Å². The monoisotopic (exact) mass is 288 g/mol. The topological polar surface area (TPSA) is 61.3 Å². The quantitative estimate of drug-likeness (QED) is 0.617. The average Bonchev–Trinajstić information content (AvgIpc) is 2.08. The molecule has 1 aromatic rings. The zero-order valence-corrected chi connectivity index (χ0v) is 8.62. The Hall–Kier alpha value is -1.18. The Kier molecular flexibility index (Phi) is 2.98. The zero-order valence-electron chi connectivity index (χ0n) is 7.03. The van der Waals surface area contributed by atoms with Crippen LogP contribution in [0.25, 0.3) is 0 Å². The van der Waals surface area contributed by atoms with E-state index in [-0.39, 0.29) is 10.2 Å². The minimum atomic E-state index is -5.03. The third-order valence-corrected chi connectivity index (χ3v) is 2.04. The first-order valence-corrected chi connectivity index (χ1v) is 4.30. The van der Waals surface area contributed by atoms with Crippen LogP contribution in [0.2, 0.25) is 0 Å². The maximum atomic E-state index is 13.2. The first-order chi connectivity index (χ1) is 6.72. The minimum Gasteiger partial charge on any atom is -0.400 e. The van der Waals surface area contributed by atoms with Gasteiger partial charge in [0.25, 0.3) is 0 Å². The first kappa shape index (κ1) is 11.9. The van der Waals surface area contributed by atoms with E-state index in [1.165, 1.54) is 0 Å². The van der Waals surface area contributed by atoms with Crippen LogP contribution in [0, 0.1) is 5.82 Å². The van der Waals surface area contributed by atoms with Crippen LogP contribution in [-0.2, 0) is 0 Å². The molecule has 0 bridgehead atoms. The summed E-state index contributed by atoms with van der Waals surface area (Å²) < 4.78 is 51.9. The van der Waals surface area contributed by atoms with Gasteiger partial charge in [0, 0.05) is 0 Å². The maximum absolute atomic E-state index is 13.2. The molecular formula is C7H5BrF4N2O. The highest BCUT2D eigenvalue weighted by Crippen LogP contribution is 2.38. The van der Waals surface area contributed by atoms with Crippen LogP contribution in [0.15, 0.2) is 10.5 Å². The van der Waals surface area contributed by atoms with Crippen LogP contribution >= 0.6 is 15.9 Å². The molecule has 0 radical (unpaired) electrons. The van der Waals surface area contributed by atoms with Crippen molar-refractivity contribution in [3.8, 4) is 5.75 Å². The molecule has 0 saturated carbocycles. The Balaban J connectivity index is 3.27. The van der Waals surface area contributed by atoms with Crippen molar-refractivity contribution in [3.05, 3.63) is 16.4 Å². The molecule has 0 amide bonds. The van der Waals surface area contributed by atoms with E-state index in [2.05, 4.69) is 20.7 Å². The number of rotatable bonds is 1. The van der Waals surface area contributed by atoms with Gasteiger partial charge >= 0.3 is 6.36 Å². The van der Waals surface area contributed by atoms with Crippen molar-refractivity contribution in [2.24, 2.45) is 0 Å². The Morgan fingerprint density at radius 3 is 2.27 bits per heavy atom. The second-order valence-corrected chi connectivity index (χ2v) is 3.41. The molecule has 0 spiro atoms. The lowest BCUT2D eigenvalue weighted by Gasteiger charge is -2.13. The number of anilines is 2. The van der Waals surface area contributed by atoms with Crippen molar-refractivity contribution < 1.29 is 22.3 Å². The number of benzene rings is 1. The lowest BCUT2D eigenvalue weighted by molar-refractivity contribution is -0.275. The molecule has 0 atom stereocenters. The smallest absolute Gasteiger partial charge is 0.400 e. The normalized spacial score (nSPS) is 11.5. The van der Waals surface area contributed by atoms with Crippen LogP contribution in [0.3, 0.4) is 0 Å². The van der Waals surface area contributed by atoms with E-state index in [0.717, 1.165) is 6.07 Å². The molecule has 8 heteroatoms. The van der Waals surface area contributed by atoms with Gasteiger partial charge in [-0.05, 0) is 22.0 Å². The highest BCUT2D eigenvalue weighted by Gasteiger charge is 2.34.